The standard InChI is InChI=1S/C16H15ClINO2/c1-19(16(20)12-4-2-6-14(18)10-12)8-9-21-15-7-3-5-13(17)11-15/h2-7,10-11H,8-9H2,1H3. The number of benzene rings is 2. The molecule has 0 N–H and O–H groups in total. The molecule has 0 spiro atoms. The van der Waals surface area contributed by atoms with Crippen LogP contribution in [-0.2, 0) is 0 Å². The monoisotopic (exact) mass is 415 g/mol. The summed E-state index contributed by atoms with van der Waals surface area (Å²) in [4.78, 5) is 13.9. The Kier molecular flexibility index (Phi) is 5.87. The second-order valence-electron chi connectivity index (χ2n) is 4.54. The second-order valence-corrected chi connectivity index (χ2v) is 6.22. The Labute approximate surface area is 143 Å². The number of likely N-dealkylation sites (N-methyl/N-ethyl adjacent to an activating group) is 1. The summed E-state index contributed by atoms with van der Waals surface area (Å²) in [5.41, 5.74) is 0.687. The van der Waals surface area contributed by atoms with Crippen LogP contribution in [0.2, 0.25) is 5.02 Å². The minimum absolute atomic E-state index is 0.0109. The van der Waals surface area contributed by atoms with E-state index in [1.807, 2.05) is 36.4 Å². The zero-order valence-electron chi connectivity index (χ0n) is 11.6. The third kappa shape index (κ3) is 4.89. The average molecular weight is 416 g/mol. The van der Waals surface area contributed by atoms with Crippen molar-refractivity contribution in [1.29, 1.82) is 0 Å². The Bertz CT molecular complexity index is 633. The quantitative estimate of drug-likeness (QED) is 0.688. The number of hydrogen-bond donors (Lipinski definition) is 0. The predicted octanol–water partition coefficient (Wildman–Crippen LogP) is 4.10. The van der Waals surface area contributed by atoms with Crippen molar-refractivity contribution in [3.63, 3.8) is 0 Å². The van der Waals surface area contributed by atoms with Gasteiger partial charge in [0.25, 0.3) is 5.91 Å². The molecule has 0 heterocycles. The molecule has 5 heteroatoms. The van der Waals surface area contributed by atoms with Gasteiger partial charge in [-0.3, -0.25) is 4.79 Å². The number of halogens is 2. The Hall–Kier alpha value is -1.27. The first-order valence-corrected chi connectivity index (χ1v) is 7.91. The maximum absolute atomic E-state index is 12.2. The summed E-state index contributed by atoms with van der Waals surface area (Å²) < 4.78 is 6.63. The summed E-state index contributed by atoms with van der Waals surface area (Å²) in [5, 5.41) is 0.635. The molecular weight excluding hydrogens is 401 g/mol. The van der Waals surface area contributed by atoms with Gasteiger partial charge in [-0.1, -0.05) is 23.7 Å². The minimum atomic E-state index is -0.0109. The largest absolute Gasteiger partial charge is 0.492 e. The number of rotatable bonds is 5. The van der Waals surface area contributed by atoms with E-state index in [1.165, 1.54) is 0 Å². The molecule has 0 radical (unpaired) electrons. The van der Waals surface area contributed by atoms with Crippen LogP contribution in [0.15, 0.2) is 48.5 Å². The summed E-state index contributed by atoms with van der Waals surface area (Å²) >= 11 is 8.08. The Morgan fingerprint density at radius 2 is 2.00 bits per heavy atom. The van der Waals surface area contributed by atoms with Gasteiger partial charge in [0.15, 0.2) is 0 Å². The molecule has 110 valence electrons. The second kappa shape index (κ2) is 7.66. The van der Waals surface area contributed by atoms with Crippen LogP contribution >= 0.6 is 34.2 Å². The lowest BCUT2D eigenvalue weighted by Gasteiger charge is -2.17. The molecule has 2 aromatic carbocycles. The topological polar surface area (TPSA) is 29.5 Å². The number of carbonyl (C=O) groups excluding carboxylic acids is 1. The summed E-state index contributed by atoms with van der Waals surface area (Å²) in [6.07, 6.45) is 0. The lowest BCUT2D eigenvalue weighted by molar-refractivity contribution is 0.0773. The molecule has 21 heavy (non-hydrogen) atoms. The van der Waals surface area contributed by atoms with Gasteiger partial charge in [0.2, 0.25) is 0 Å². The summed E-state index contributed by atoms with van der Waals surface area (Å²) in [5.74, 6) is 0.695. The molecule has 0 saturated heterocycles. The molecule has 2 rings (SSSR count). The van der Waals surface area contributed by atoms with Gasteiger partial charge in [-0.05, 0) is 59.0 Å². The Morgan fingerprint density at radius 1 is 1.24 bits per heavy atom. The van der Waals surface area contributed by atoms with Crippen LogP contribution in [0.1, 0.15) is 10.4 Å². The van der Waals surface area contributed by atoms with Crippen molar-refractivity contribution >= 4 is 40.1 Å². The van der Waals surface area contributed by atoms with E-state index >= 15 is 0 Å². The molecule has 0 aliphatic rings. The van der Waals surface area contributed by atoms with Crippen LogP contribution in [0, 0.1) is 3.57 Å². The highest BCUT2D eigenvalue weighted by molar-refractivity contribution is 14.1. The van der Waals surface area contributed by atoms with Gasteiger partial charge in [0.05, 0.1) is 6.54 Å². The fourth-order valence-electron chi connectivity index (χ4n) is 1.80. The molecule has 1 amide bonds. The van der Waals surface area contributed by atoms with Crippen LogP contribution in [0.3, 0.4) is 0 Å². The third-order valence-corrected chi connectivity index (χ3v) is 3.82. The maximum atomic E-state index is 12.2. The first-order chi connectivity index (χ1) is 10.1. The molecule has 0 aromatic heterocycles. The highest BCUT2D eigenvalue weighted by Gasteiger charge is 2.11. The van der Waals surface area contributed by atoms with Crippen molar-refractivity contribution < 1.29 is 9.53 Å². The van der Waals surface area contributed by atoms with Crippen molar-refractivity contribution in [2.24, 2.45) is 0 Å². The first-order valence-electron chi connectivity index (χ1n) is 6.45. The zero-order valence-corrected chi connectivity index (χ0v) is 14.5. The fourth-order valence-corrected chi connectivity index (χ4v) is 2.52. The minimum Gasteiger partial charge on any atom is -0.492 e. The smallest absolute Gasteiger partial charge is 0.253 e. The summed E-state index contributed by atoms with van der Waals surface area (Å²) in [6.45, 7) is 0.934. The number of ether oxygens (including phenoxy) is 1. The third-order valence-electron chi connectivity index (χ3n) is 2.91. The molecule has 0 unspecified atom stereocenters. The molecule has 0 aliphatic heterocycles. The number of hydrogen-bond acceptors (Lipinski definition) is 2. The summed E-state index contributed by atoms with van der Waals surface area (Å²) in [7, 11) is 1.77. The number of nitrogens with zero attached hydrogens (tertiary/aromatic N) is 1. The van der Waals surface area contributed by atoms with Gasteiger partial charge >= 0.3 is 0 Å². The lowest BCUT2D eigenvalue weighted by Crippen LogP contribution is -2.30. The van der Waals surface area contributed by atoms with Gasteiger partial charge in [0, 0.05) is 21.2 Å². The highest BCUT2D eigenvalue weighted by atomic mass is 127. The van der Waals surface area contributed by atoms with E-state index in [9.17, 15) is 4.79 Å². The van der Waals surface area contributed by atoms with E-state index in [-0.39, 0.29) is 5.91 Å². The van der Waals surface area contributed by atoms with Gasteiger partial charge in [-0.2, -0.15) is 0 Å². The zero-order chi connectivity index (χ0) is 15.2. The lowest BCUT2D eigenvalue weighted by atomic mass is 10.2. The van der Waals surface area contributed by atoms with E-state index in [1.54, 1.807) is 24.1 Å². The Morgan fingerprint density at radius 3 is 2.71 bits per heavy atom. The van der Waals surface area contributed by atoms with Crippen LogP contribution in [0.4, 0.5) is 0 Å². The first kappa shape index (κ1) is 16.1. The van der Waals surface area contributed by atoms with Crippen molar-refractivity contribution in [3.8, 4) is 5.75 Å². The van der Waals surface area contributed by atoms with E-state index < -0.39 is 0 Å². The molecule has 0 saturated carbocycles. The van der Waals surface area contributed by atoms with Crippen molar-refractivity contribution in [2.75, 3.05) is 20.2 Å². The SMILES string of the molecule is CN(CCOc1cccc(Cl)c1)C(=O)c1cccc(I)c1. The van der Waals surface area contributed by atoms with Gasteiger partial charge in [0.1, 0.15) is 12.4 Å². The Balaban J connectivity index is 1.87. The van der Waals surface area contributed by atoms with Gasteiger partial charge in [-0.25, -0.2) is 0 Å². The van der Waals surface area contributed by atoms with E-state index in [0.717, 1.165) is 3.57 Å². The summed E-state index contributed by atoms with van der Waals surface area (Å²) in [6, 6.07) is 14.7. The van der Waals surface area contributed by atoms with Crippen LogP contribution < -0.4 is 4.74 Å². The number of amides is 1. The molecule has 2 aromatic rings. The van der Waals surface area contributed by atoms with E-state index in [4.69, 9.17) is 16.3 Å². The average Bonchev–Trinajstić information content (AvgIpc) is 2.46. The molecule has 0 fully saturated rings. The van der Waals surface area contributed by atoms with E-state index in [2.05, 4.69) is 22.6 Å². The highest BCUT2D eigenvalue weighted by Crippen LogP contribution is 2.17. The van der Waals surface area contributed by atoms with Crippen molar-refractivity contribution in [1.82, 2.24) is 4.90 Å². The fraction of sp³-hybridized carbons (Fsp3) is 0.188. The normalized spacial score (nSPS) is 10.2. The van der Waals surface area contributed by atoms with Crippen molar-refractivity contribution in [2.45, 2.75) is 0 Å². The van der Waals surface area contributed by atoms with Gasteiger partial charge < -0.3 is 9.64 Å². The molecule has 0 bridgehead atoms. The molecule has 0 aliphatic carbocycles. The van der Waals surface area contributed by atoms with Crippen molar-refractivity contribution in [3.05, 3.63) is 62.7 Å². The van der Waals surface area contributed by atoms with Crippen LogP contribution in [0.5, 0.6) is 5.75 Å². The van der Waals surface area contributed by atoms with Crippen LogP contribution in [0.25, 0.3) is 0 Å². The van der Waals surface area contributed by atoms with Crippen LogP contribution in [-0.4, -0.2) is 31.0 Å². The molecule has 3 nitrogen and oxygen atoms in total. The number of carbonyl (C=O) groups is 1. The van der Waals surface area contributed by atoms with E-state index in [0.29, 0.717) is 29.5 Å². The maximum Gasteiger partial charge on any atom is 0.253 e. The van der Waals surface area contributed by atoms with Gasteiger partial charge in [-0.15, -0.1) is 0 Å². The molecular formula is C16H15ClINO2. The predicted molar refractivity (Wildman–Crippen MR) is 93.1 cm³/mol. The molecule has 0 atom stereocenters.